The van der Waals surface area contributed by atoms with Crippen molar-refractivity contribution in [2.24, 2.45) is 0 Å². The normalized spacial score (nSPS) is 9.70. The van der Waals surface area contributed by atoms with Gasteiger partial charge < -0.3 is 15.3 Å². The number of likely N-dealkylation sites (N-methyl/N-ethyl adjacent to an activating group) is 1. The molecule has 2 N–H and O–H groups in total. The van der Waals surface area contributed by atoms with Crippen molar-refractivity contribution in [3.63, 3.8) is 0 Å². The third-order valence-corrected chi connectivity index (χ3v) is 2.96. The zero-order valence-electron chi connectivity index (χ0n) is 11.7. The minimum atomic E-state index is -0.348. The van der Waals surface area contributed by atoms with Gasteiger partial charge in [-0.25, -0.2) is 0 Å². The van der Waals surface area contributed by atoms with Crippen LogP contribution >= 0.6 is 0 Å². The lowest BCUT2D eigenvalue weighted by Gasteiger charge is -2.12. The second-order valence-corrected chi connectivity index (χ2v) is 4.47. The summed E-state index contributed by atoms with van der Waals surface area (Å²) in [4.78, 5) is 24.6. The van der Waals surface area contributed by atoms with E-state index in [-0.39, 0.29) is 23.0 Å². The molecule has 6 heteroatoms. The Morgan fingerprint density at radius 3 is 2.55 bits per heavy atom. The van der Waals surface area contributed by atoms with Crippen molar-refractivity contribution < 1.29 is 14.7 Å². The van der Waals surface area contributed by atoms with Crippen LogP contribution in [0.15, 0.2) is 12.1 Å². The number of amides is 1. The minimum absolute atomic E-state index is 0.167. The van der Waals surface area contributed by atoms with Gasteiger partial charge in [-0.1, -0.05) is 0 Å². The third kappa shape index (κ3) is 3.48. The topological polar surface area (TPSA) is 93.4 Å². The molecule has 0 saturated heterocycles. The lowest BCUT2D eigenvalue weighted by atomic mass is 10.0. The summed E-state index contributed by atoms with van der Waals surface area (Å²) >= 11 is 0. The molecule has 0 fully saturated rings. The monoisotopic (exact) mass is 275 g/mol. The number of ketones is 1. The van der Waals surface area contributed by atoms with Gasteiger partial charge in [0.1, 0.15) is 5.75 Å². The summed E-state index contributed by atoms with van der Waals surface area (Å²) in [7, 11) is 1.62. The maximum Gasteiger partial charge on any atom is 0.251 e. The summed E-state index contributed by atoms with van der Waals surface area (Å²) in [5, 5.41) is 21.1. The highest BCUT2D eigenvalue weighted by Crippen LogP contribution is 2.25. The standard InChI is InChI=1S/C14H17N3O3/c1-9-11(4-5-12(10(2)18)13(9)19)14(20)16-6-7-17(3)8-15/h4-5,19H,6-7H2,1-3H3,(H,16,20). The molecular weight excluding hydrogens is 258 g/mol. The third-order valence-electron chi connectivity index (χ3n) is 2.96. The Morgan fingerprint density at radius 2 is 2.00 bits per heavy atom. The number of carbonyl (C=O) groups is 2. The molecule has 0 radical (unpaired) electrons. The highest BCUT2D eigenvalue weighted by atomic mass is 16.3. The number of hydrogen-bond donors (Lipinski definition) is 2. The summed E-state index contributed by atoms with van der Waals surface area (Å²) in [5.41, 5.74) is 0.874. The molecule has 1 aromatic rings. The molecule has 0 aliphatic rings. The van der Waals surface area contributed by atoms with Gasteiger partial charge in [-0.2, -0.15) is 5.26 Å². The molecule has 0 atom stereocenters. The Hall–Kier alpha value is -2.55. The van der Waals surface area contributed by atoms with Crippen molar-refractivity contribution >= 4 is 11.7 Å². The van der Waals surface area contributed by atoms with Gasteiger partial charge in [-0.05, 0) is 26.0 Å². The molecule has 0 aliphatic heterocycles. The van der Waals surface area contributed by atoms with Gasteiger partial charge in [0.05, 0.1) is 5.56 Å². The quantitative estimate of drug-likeness (QED) is 0.476. The van der Waals surface area contributed by atoms with Crippen LogP contribution in [0.5, 0.6) is 5.75 Å². The number of nitriles is 1. The van der Waals surface area contributed by atoms with Gasteiger partial charge in [0.25, 0.3) is 5.91 Å². The average Bonchev–Trinajstić information content (AvgIpc) is 2.40. The Bertz CT molecular complexity index is 576. The summed E-state index contributed by atoms with van der Waals surface area (Å²) in [6.07, 6.45) is 1.92. The van der Waals surface area contributed by atoms with Crippen LogP contribution in [0.2, 0.25) is 0 Å². The fourth-order valence-corrected chi connectivity index (χ4v) is 1.71. The number of phenolic OH excluding ortho intramolecular Hbond substituents is 1. The van der Waals surface area contributed by atoms with Crippen LogP contribution < -0.4 is 5.32 Å². The number of aromatic hydroxyl groups is 1. The Balaban J connectivity index is 2.82. The van der Waals surface area contributed by atoms with Gasteiger partial charge in [0.15, 0.2) is 12.0 Å². The van der Waals surface area contributed by atoms with Crippen LogP contribution in [0, 0.1) is 18.4 Å². The second-order valence-electron chi connectivity index (χ2n) is 4.47. The van der Waals surface area contributed by atoms with Gasteiger partial charge in [-0.3, -0.25) is 9.59 Å². The molecule has 0 heterocycles. The molecule has 1 amide bonds. The number of phenols is 1. The number of nitrogens with one attached hydrogen (secondary N) is 1. The van der Waals surface area contributed by atoms with Gasteiger partial charge in [-0.15, -0.1) is 0 Å². The number of rotatable bonds is 5. The summed E-state index contributed by atoms with van der Waals surface area (Å²) in [5.74, 6) is -0.772. The molecule has 1 rings (SSSR count). The largest absolute Gasteiger partial charge is 0.507 e. The van der Waals surface area contributed by atoms with E-state index < -0.39 is 0 Å². The molecule has 0 saturated carbocycles. The molecule has 6 nitrogen and oxygen atoms in total. The Kier molecular flexibility index (Phi) is 5.09. The molecule has 20 heavy (non-hydrogen) atoms. The van der Waals surface area contributed by atoms with Crippen molar-refractivity contribution in [2.75, 3.05) is 20.1 Å². The van der Waals surface area contributed by atoms with E-state index in [0.717, 1.165) is 0 Å². The van der Waals surface area contributed by atoms with E-state index in [1.165, 1.54) is 24.0 Å². The number of benzene rings is 1. The average molecular weight is 275 g/mol. The van der Waals surface area contributed by atoms with E-state index in [9.17, 15) is 14.7 Å². The first-order valence-electron chi connectivity index (χ1n) is 6.11. The first-order chi connectivity index (χ1) is 9.38. The number of nitrogens with zero attached hydrogens (tertiary/aromatic N) is 2. The Labute approximate surface area is 117 Å². The van der Waals surface area contributed by atoms with Crippen molar-refractivity contribution in [1.29, 1.82) is 5.26 Å². The van der Waals surface area contributed by atoms with Crippen molar-refractivity contribution in [3.05, 3.63) is 28.8 Å². The smallest absolute Gasteiger partial charge is 0.251 e. The maximum atomic E-state index is 12.0. The fraction of sp³-hybridized carbons (Fsp3) is 0.357. The van der Waals surface area contributed by atoms with E-state index in [0.29, 0.717) is 24.2 Å². The molecule has 0 aromatic heterocycles. The van der Waals surface area contributed by atoms with E-state index in [1.807, 2.05) is 6.19 Å². The predicted octanol–water partition coefficient (Wildman–Crippen LogP) is 1.05. The molecule has 1 aromatic carbocycles. The molecule has 0 unspecified atom stereocenters. The van der Waals surface area contributed by atoms with Gasteiger partial charge in [0.2, 0.25) is 0 Å². The fourth-order valence-electron chi connectivity index (χ4n) is 1.71. The van der Waals surface area contributed by atoms with E-state index >= 15 is 0 Å². The maximum absolute atomic E-state index is 12.0. The lowest BCUT2D eigenvalue weighted by molar-refractivity contribution is 0.0948. The minimum Gasteiger partial charge on any atom is -0.507 e. The zero-order valence-corrected chi connectivity index (χ0v) is 11.7. The molecule has 106 valence electrons. The SMILES string of the molecule is CC(=O)c1ccc(C(=O)NCCN(C)C#N)c(C)c1O. The zero-order chi connectivity index (χ0) is 15.3. The van der Waals surface area contributed by atoms with Crippen molar-refractivity contribution in [2.45, 2.75) is 13.8 Å². The molecule has 0 spiro atoms. The molecule has 0 aliphatic carbocycles. The first-order valence-corrected chi connectivity index (χ1v) is 6.11. The van der Waals surface area contributed by atoms with Crippen LogP contribution in [0.4, 0.5) is 0 Å². The van der Waals surface area contributed by atoms with E-state index in [2.05, 4.69) is 5.32 Å². The molecular formula is C14H17N3O3. The Morgan fingerprint density at radius 1 is 1.40 bits per heavy atom. The predicted molar refractivity (Wildman–Crippen MR) is 73.4 cm³/mol. The summed E-state index contributed by atoms with van der Waals surface area (Å²) < 4.78 is 0. The molecule has 0 bridgehead atoms. The van der Waals surface area contributed by atoms with Crippen molar-refractivity contribution in [1.82, 2.24) is 10.2 Å². The second kappa shape index (κ2) is 6.57. The highest BCUT2D eigenvalue weighted by Gasteiger charge is 2.16. The lowest BCUT2D eigenvalue weighted by Crippen LogP contribution is -2.31. The van der Waals surface area contributed by atoms with E-state index in [1.54, 1.807) is 14.0 Å². The van der Waals surface area contributed by atoms with Crippen molar-refractivity contribution in [3.8, 4) is 11.9 Å². The van der Waals surface area contributed by atoms with Crippen LogP contribution in [-0.2, 0) is 0 Å². The number of hydrogen-bond acceptors (Lipinski definition) is 5. The summed E-state index contributed by atoms with van der Waals surface area (Å²) in [6.45, 7) is 3.65. The van der Waals surface area contributed by atoms with Crippen LogP contribution in [0.25, 0.3) is 0 Å². The van der Waals surface area contributed by atoms with Crippen LogP contribution in [-0.4, -0.2) is 41.8 Å². The summed E-state index contributed by atoms with van der Waals surface area (Å²) in [6, 6.07) is 2.94. The van der Waals surface area contributed by atoms with Crippen LogP contribution in [0.3, 0.4) is 0 Å². The number of Topliss-reactive ketones (excluding diaryl/α,β-unsaturated/α-hetero) is 1. The van der Waals surface area contributed by atoms with E-state index in [4.69, 9.17) is 5.26 Å². The van der Waals surface area contributed by atoms with Gasteiger partial charge >= 0.3 is 0 Å². The first kappa shape index (κ1) is 15.5. The highest BCUT2D eigenvalue weighted by molar-refractivity contribution is 6.01. The van der Waals surface area contributed by atoms with Gasteiger partial charge in [0, 0.05) is 31.3 Å². The number of carbonyl (C=O) groups excluding carboxylic acids is 2. The van der Waals surface area contributed by atoms with Crippen LogP contribution in [0.1, 0.15) is 33.2 Å².